The number of benzene rings is 1. The molecule has 0 aliphatic carbocycles. The maximum absolute atomic E-state index is 13.2. The van der Waals surface area contributed by atoms with Gasteiger partial charge in [-0.1, -0.05) is 0 Å². The number of carbonyl (C=O) groups excluding carboxylic acids is 1. The topological polar surface area (TPSA) is 106 Å². The van der Waals surface area contributed by atoms with Gasteiger partial charge in [-0.3, -0.25) is 4.79 Å². The Kier molecular flexibility index (Phi) is 6.22. The molecule has 1 aliphatic rings. The summed E-state index contributed by atoms with van der Waals surface area (Å²) in [6.45, 7) is 1.99. The van der Waals surface area contributed by atoms with E-state index < -0.39 is 17.8 Å². The number of nitrogens with one attached hydrogen (secondary N) is 1. The molecule has 1 amide bonds. The highest BCUT2D eigenvalue weighted by atomic mass is 35.5. The molecule has 0 bridgehead atoms. The number of ether oxygens (including phenoxy) is 1. The number of hydrogen-bond donors (Lipinski definition) is 2. The molecule has 8 nitrogen and oxygen atoms in total. The SMILES string of the molecule is COc1cccnc1C(=O)N1Cc2nc(Cl)nc(N[C@H](C)c3cc(N)cc(C(F)(F)F)c3)c2C1. The molecule has 0 fully saturated rings. The number of amides is 1. The number of anilines is 2. The molecular formula is C22H20ClF3N6O2. The molecule has 3 aromatic rings. The van der Waals surface area contributed by atoms with Crippen molar-refractivity contribution in [2.45, 2.75) is 32.2 Å². The number of pyridine rings is 1. The standard InChI is InChI=1S/C22H20ClF3N6O2/c1-11(12-6-13(22(24,25)26)8-14(27)7-12)29-19-15-9-32(10-16(15)30-21(23)31-19)20(33)18-17(34-2)4-3-5-28-18/h3-8,11H,9-10,27H2,1-2H3,(H,29,30,31)/t11-/m1/s1. The second-order valence-corrected chi connectivity index (χ2v) is 8.07. The number of halogens is 4. The Balaban J connectivity index is 1.61. The first-order chi connectivity index (χ1) is 16.1. The summed E-state index contributed by atoms with van der Waals surface area (Å²) in [5, 5.41) is 3.04. The van der Waals surface area contributed by atoms with Gasteiger partial charge in [0.1, 0.15) is 11.6 Å². The van der Waals surface area contributed by atoms with Crippen molar-refractivity contribution in [3.8, 4) is 5.75 Å². The lowest BCUT2D eigenvalue weighted by atomic mass is 10.0. The zero-order chi connectivity index (χ0) is 24.6. The molecule has 12 heteroatoms. The highest BCUT2D eigenvalue weighted by Crippen LogP contribution is 2.35. The second-order valence-electron chi connectivity index (χ2n) is 7.73. The van der Waals surface area contributed by atoms with E-state index in [1.54, 1.807) is 19.1 Å². The largest absolute Gasteiger partial charge is 0.494 e. The Hall–Kier alpha value is -3.60. The van der Waals surface area contributed by atoms with Gasteiger partial charge in [-0.05, 0) is 54.4 Å². The zero-order valence-electron chi connectivity index (χ0n) is 18.2. The summed E-state index contributed by atoms with van der Waals surface area (Å²) < 4.78 is 44.9. The lowest BCUT2D eigenvalue weighted by molar-refractivity contribution is -0.137. The summed E-state index contributed by atoms with van der Waals surface area (Å²) in [5.41, 5.74) is 6.46. The monoisotopic (exact) mass is 492 g/mol. The van der Waals surface area contributed by atoms with E-state index in [1.807, 2.05) is 0 Å². The molecule has 0 spiro atoms. The zero-order valence-corrected chi connectivity index (χ0v) is 18.9. The van der Waals surface area contributed by atoms with Crippen LogP contribution in [0.15, 0.2) is 36.5 Å². The van der Waals surface area contributed by atoms with Gasteiger partial charge in [0, 0.05) is 17.4 Å². The lowest BCUT2D eigenvalue weighted by Gasteiger charge is -2.19. The van der Waals surface area contributed by atoms with E-state index in [0.717, 1.165) is 12.1 Å². The van der Waals surface area contributed by atoms with E-state index in [-0.39, 0.29) is 35.7 Å². The number of alkyl halides is 3. The fraction of sp³-hybridized carbons (Fsp3) is 0.273. The Morgan fingerprint density at radius 3 is 2.74 bits per heavy atom. The van der Waals surface area contributed by atoms with Gasteiger partial charge in [0.15, 0.2) is 5.69 Å². The molecule has 0 saturated heterocycles. The third kappa shape index (κ3) is 4.69. The van der Waals surface area contributed by atoms with Gasteiger partial charge >= 0.3 is 6.18 Å². The number of hydrogen-bond acceptors (Lipinski definition) is 7. The smallest absolute Gasteiger partial charge is 0.416 e. The number of fused-ring (bicyclic) bond motifs is 1. The first-order valence-corrected chi connectivity index (χ1v) is 10.5. The van der Waals surface area contributed by atoms with Crippen LogP contribution < -0.4 is 15.8 Å². The van der Waals surface area contributed by atoms with E-state index in [1.165, 1.54) is 24.3 Å². The van der Waals surface area contributed by atoms with Gasteiger partial charge in [-0.25, -0.2) is 15.0 Å². The van der Waals surface area contributed by atoms with Gasteiger partial charge < -0.3 is 20.7 Å². The normalized spacial score (nSPS) is 14.0. The molecule has 178 valence electrons. The molecule has 0 unspecified atom stereocenters. The molecule has 1 aliphatic heterocycles. The fourth-order valence-electron chi connectivity index (χ4n) is 3.73. The van der Waals surface area contributed by atoms with Crippen molar-refractivity contribution in [2.24, 2.45) is 0 Å². The van der Waals surface area contributed by atoms with Crippen LogP contribution >= 0.6 is 11.6 Å². The third-order valence-corrected chi connectivity index (χ3v) is 5.56. The van der Waals surface area contributed by atoms with Crippen molar-refractivity contribution in [1.29, 1.82) is 0 Å². The van der Waals surface area contributed by atoms with Crippen LogP contribution in [0, 0.1) is 0 Å². The highest BCUT2D eigenvalue weighted by Gasteiger charge is 2.33. The third-order valence-electron chi connectivity index (χ3n) is 5.39. The summed E-state index contributed by atoms with van der Waals surface area (Å²) in [4.78, 5) is 27.1. The summed E-state index contributed by atoms with van der Waals surface area (Å²) in [6.07, 6.45) is -3.04. The van der Waals surface area contributed by atoms with E-state index >= 15 is 0 Å². The average Bonchev–Trinajstić information content (AvgIpc) is 3.21. The lowest BCUT2D eigenvalue weighted by Crippen LogP contribution is -2.26. The number of methoxy groups -OCH3 is 1. The van der Waals surface area contributed by atoms with Crippen molar-refractivity contribution in [1.82, 2.24) is 19.9 Å². The molecule has 3 heterocycles. The average molecular weight is 493 g/mol. The molecule has 0 saturated carbocycles. The van der Waals surface area contributed by atoms with Crippen LogP contribution in [0.2, 0.25) is 5.28 Å². The van der Waals surface area contributed by atoms with Gasteiger partial charge in [-0.15, -0.1) is 0 Å². The van der Waals surface area contributed by atoms with Crippen LogP contribution in [0.3, 0.4) is 0 Å². The molecule has 2 aromatic heterocycles. The van der Waals surface area contributed by atoms with Crippen molar-refractivity contribution >= 4 is 29.0 Å². The first kappa shape index (κ1) is 23.6. The molecule has 1 atom stereocenters. The maximum atomic E-state index is 13.2. The highest BCUT2D eigenvalue weighted by molar-refractivity contribution is 6.28. The van der Waals surface area contributed by atoms with E-state index in [0.29, 0.717) is 28.4 Å². The Morgan fingerprint density at radius 1 is 1.26 bits per heavy atom. The molecule has 4 rings (SSSR count). The molecule has 1 aromatic carbocycles. The van der Waals surface area contributed by atoms with E-state index in [2.05, 4.69) is 20.3 Å². The van der Waals surface area contributed by atoms with Crippen LogP contribution in [0.5, 0.6) is 5.75 Å². The number of rotatable bonds is 5. The maximum Gasteiger partial charge on any atom is 0.416 e. The quantitative estimate of drug-likeness (QED) is 0.400. The minimum Gasteiger partial charge on any atom is -0.494 e. The summed E-state index contributed by atoms with van der Waals surface area (Å²) >= 11 is 6.09. The summed E-state index contributed by atoms with van der Waals surface area (Å²) in [7, 11) is 1.45. The number of aromatic nitrogens is 3. The fourth-order valence-corrected chi connectivity index (χ4v) is 3.92. The predicted molar refractivity (Wildman–Crippen MR) is 119 cm³/mol. The molecule has 34 heavy (non-hydrogen) atoms. The van der Waals surface area contributed by atoms with Crippen molar-refractivity contribution in [3.63, 3.8) is 0 Å². The van der Waals surface area contributed by atoms with Gasteiger partial charge in [0.25, 0.3) is 5.91 Å². The van der Waals surface area contributed by atoms with Crippen LogP contribution in [-0.2, 0) is 19.3 Å². The van der Waals surface area contributed by atoms with Crippen LogP contribution in [0.4, 0.5) is 24.7 Å². The van der Waals surface area contributed by atoms with E-state index in [9.17, 15) is 18.0 Å². The molecule has 3 N–H and O–H groups in total. The summed E-state index contributed by atoms with van der Waals surface area (Å²) in [5.74, 6) is 0.291. The van der Waals surface area contributed by atoms with Crippen LogP contribution in [-0.4, -0.2) is 32.9 Å². The number of nitrogens with zero attached hydrogens (tertiary/aromatic N) is 4. The van der Waals surface area contributed by atoms with Crippen molar-refractivity contribution < 1.29 is 22.7 Å². The predicted octanol–water partition coefficient (Wildman–Crippen LogP) is 4.46. The minimum absolute atomic E-state index is 0.00879. The summed E-state index contributed by atoms with van der Waals surface area (Å²) in [6, 6.07) is 6.06. The van der Waals surface area contributed by atoms with E-state index in [4.69, 9.17) is 22.1 Å². The van der Waals surface area contributed by atoms with Crippen molar-refractivity contribution in [2.75, 3.05) is 18.2 Å². The Labute approximate surface area is 197 Å². The molecular weight excluding hydrogens is 473 g/mol. The van der Waals surface area contributed by atoms with Gasteiger partial charge in [0.2, 0.25) is 5.28 Å². The number of nitrogen functional groups attached to an aromatic ring is 1. The first-order valence-electron chi connectivity index (χ1n) is 10.1. The van der Waals surface area contributed by atoms with Crippen LogP contribution in [0.1, 0.15) is 45.8 Å². The van der Waals surface area contributed by atoms with Crippen molar-refractivity contribution in [3.05, 3.63) is 69.9 Å². The van der Waals surface area contributed by atoms with Crippen LogP contribution in [0.25, 0.3) is 0 Å². The van der Waals surface area contributed by atoms with Gasteiger partial charge in [0.05, 0.1) is 37.5 Å². The Morgan fingerprint density at radius 2 is 2.03 bits per heavy atom. The molecule has 0 radical (unpaired) electrons. The number of carbonyl (C=O) groups is 1. The Bertz CT molecular complexity index is 1250. The second kappa shape index (κ2) is 8.98. The minimum atomic E-state index is -4.53. The van der Waals surface area contributed by atoms with Gasteiger partial charge in [-0.2, -0.15) is 13.2 Å². The number of nitrogens with two attached hydrogens (primary N) is 1.